The highest BCUT2D eigenvalue weighted by molar-refractivity contribution is 7.03. The molecule has 1 aliphatic carbocycles. The van der Waals surface area contributed by atoms with Crippen molar-refractivity contribution in [2.75, 3.05) is 19.6 Å². The molecule has 1 N–H and O–H groups in total. The molecule has 0 aromatic carbocycles. The second-order valence-corrected chi connectivity index (χ2v) is 8.45. The highest BCUT2D eigenvalue weighted by Gasteiger charge is 2.40. The number of hydrogen-bond acceptors (Lipinski definition) is 5. The predicted octanol–water partition coefficient (Wildman–Crippen LogP) is 2.77. The van der Waals surface area contributed by atoms with Crippen LogP contribution in [0.3, 0.4) is 0 Å². The Labute approximate surface area is 132 Å². The molecular formula is C16H28N4S. The van der Waals surface area contributed by atoms with Crippen molar-refractivity contribution in [1.29, 1.82) is 0 Å². The topological polar surface area (TPSA) is 41.0 Å². The molecule has 0 unspecified atom stereocenters. The van der Waals surface area contributed by atoms with Gasteiger partial charge in [0.25, 0.3) is 0 Å². The molecule has 21 heavy (non-hydrogen) atoms. The molecule has 1 aliphatic heterocycles. The van der Waals surface area contributed by atoms with Gasteiger partial charge in [-0.05, 0) is 69.4 Å². The average molecular weight is 308 g/mol. The van der Waals surface area contributed by atoms with Crippen molar-refractivity contribution in [2.45, 2.75) is 52.1 Å². The highest BCUT2D eigenvalue weighted by atomic mass is 32.1. The van der Waals surface area contributed by atoms with Gasteiger partial charge in [-0.3, -0.25) is 4.90 Å². The summed E-state index contributed by atoms with van der Waals surface area (Å²) < 4.78 is 3.98. The standard InChI is InChI=1S/C16H28N4S/c1-16(2,3)17-7-12-5-4-6-13-8-20(10-15(12)13)9-14-11-21-19-18-14/h11-13,15,17H,4-10H2,1-3H3/t12-,13+,15+/m0/s1. The molecule has 118 valence electrons. The van der Waals surface area contributed by atoms with E-state index < -0.39 is 0 Å². The summed E-state index contributed by atoms with van der Waals surface area (Å²) in [6.45, 7) is 11.5. The molecular weight excluding hydrogens is 280 g/mol. The molecule has 0 spiro atoms. The van der Waals surface area contributed by atoms with Crippen LogP contribution in [0.1, 0.15) is 45.7 Å². The van der Waals surface area contributed by atoms with Gasteiger partial charge in [0.1, 0.15) is 0 Å². The maximum atomic E-state index is 4.20. The van der Waals surface area contributed by atoms with E-state index in [-0.39, 0.29) is 5.54 Å². The molecule has 2 fully saturated rings. The van der Waals surface area contributed by atoms with Crippen LogP contribution >= 0.6 is 11.5 Å². The third-order valence-corrected chi connectivity index (χ3v) is 5.56. The Kier molecular flexibility index (Phi) is 4.62. The fourth-order valence-electron chi connectivity index (χ4n) is 3.99. The highest BCUT2D eigenvalue weighted by Crippen LogP contribution is 2.40. The van der Waals surface area contributed by atoms with E-state index in [0.717, 1.165) is 30.0 Å². The first-order valence-corrected chi connectivity index (χ1v) is 9.08. The fourth-order valence-corrected chi connectivity index (χ4v) is 4.43. The molecule has 0 radical (unpaired) electrons. The zero-order valence-electron chi connectivity index (χ0n) is 13.5. The van der Waals surface area contributed by atoms with Crippen molar-refractivity contribution in [3.63, 3.8) is 0 Å². The summed E-state index contributed by atoms with van der Waals surface area (Å²) in [7, 11) is 0. The second kappa shape index (κ2) is 6.31. The van der Waals surface area contributed by atoms with Crippen molar-refractivity contribution >= 4 is 11.5 Å². The van der Waals surface area contributed by atoms with E-state index in [0.29, 0.717) is 0 Å². The first-order valence-electron chi connectivity index (χ1n) is 8.24. The summed E-state index contributed by atoms with van der Waals surface area (Å²) in [5, 5.41) is 10.0. The maximum Gasteiger partial charge on any atom is 0.0895 e. The molecule has 2 heterocycles. The van der Waals surface area contributed by atoms with Crippen molar-refractivity contribution in [1.82, 2.24) is 19.8 Å². The summed E-state index contributed by atoms with van der Waals surface area (Å²) in [5.41, 5.74) is 1.38. The quantitative estimate of drug-likeness (QED) is 0.928. The van der Waals surface area contributed by atoms with Gasteiger partial charge in [0.05, 0.1) is 5.69 Å². The molecule has 0 bridgehead atoms. The van der Waals surface area contributed by atoms with Crippen molar-refractivity contribution in [3.05, 3.63) is 11.1 Å². The van der Waals surface area contributed by atoms with Gasteiger partial charge in [-0.15, -0.1) is 5.10 Å². The molecule has 1 saturated carbocycles. The zero-order chi connectivity index (χ0) is 14.9. The van der Waals surface area contributed by atoms with E-state index in [1.54, 1.807) is 0 Å². The smallest absolute Gasteiger partial charge is 0.0895 e. The molecule has 3 atom stereocenters. The van der Waals surface area contributed by atoms with E-state index in [9.17, 15) is 0 Å². The van der Waals surface area contributed by atoms with E-state index in [1.165, 1.54) is 50.4 Å². The van der Waals surface area contributed by atoms with Crippen LogP contribution in [0.2, 0.25) is 0 Å². The monoisotopic (exact) mass is 308 g/mol. The SMILES string of the molecule is CC(C)(C)NC[C@@H]1CCC[C@@H]2CN(Cc3csnn3)C[C@@H]21. The van der Waals surface area contributed by atoms with Gasteiger partial charge >= 0.3 is 0 Å². The summed E-state index contributed by atoms with van der Waals surface area (Å²) in [4.78, 5) is 2.60. The minimum absolute atomic E-state index is 0.234. The van der Waals surface area contributed by atoms with Crippen LogP contribution < -0.4 is 5.32 Å². The van der Waals surface area contributed by atoms with Gasteiger partial charge < -0.3 is 5.32 Å². The fraction of sp³-hybridized carbons (Fsp3) is 0.875. The van der Waals surface area contributed by atoms with Crippen LogP contribution in [0.5, 0.6) is 0 Å². The van der Waals surface area contributed by atoms with Gasteiger partial charge in [-0.2, -0.15) is 0 Å². The lowest BCUT2D eigenvalue weighted by molar-refractivity contribution is 0.182. The van der Waals surface area contributed by atoms with Gasteiger partial charge in [0, 0.05) is 30.6 Å². The summed E-state index contributed by atoms with van der Waals surface area (Å²) >= 11 is 1.46. The van der Waals surface area contributed by atoms with Crippen LogP contribution in [-0.2, 0) is 6.54 Å². The maximum absolute atomic E-state index is 4.20. The van der Waals surface area contributed by atoms with E-state index in [2.05, 4.69) is 46.0 Å². The normalized spacial score (nSPS) is 30.5. The van der Waals surface area contributed by atoms with Gasteiger partial charge in [0.15, 0.2) is 0 Å². The molecule has 1 aromatic rings. The number of likely N-dealkylation sites (tertiary alicyclic amines) is 1. The molecule has 0 amide bonds. The summed E-state index contributed by atoms with van der Waals surface area (Å²) in [6, 6.07) is 0. The van der Waals surface area contributed by atoms with Crippen LogP contribution in [0.15, 0.2) is 5.38 Å². The Balaban J connectivity index is 1.57. The van der Waals surface area contributed by atoms with Crippen LogP contribution in [0.4, 0.5) is 0 Å². The third kappa shape index (κ3) is 4.02. The minimum Gasteiger partial charge on any atom is -0.312 e. The molecule has 2 aliphatic rings. The van der Waals surface area contributed by atoms with E-state index in [1.807, 2.05) is 0 Å². The molecule has 3 rings (SSSR count). The van der Waals surface area contributed by atoms with Crippen molar-refractivity contribution < 1.29 is 0 Å². The summed E-state index contributed by atoms with van der Waals surface area (Å²) in [6.07, 6.45) is 4.22. The molecule has 1 aromatic heterocycles. The van der Waals surface area contributed by atoms with E-state index >= 15 is 0 Å². The second-order valence-electron chi connectivity index (χ2n) is 7.84. The average Bonchev–Trinajstić information content (AvgIpc) is 3.04. The van der Waals surface area contributed by atoms with Gasteiger partial charge in [-0.1, -0.05) is 10.9 Å². The Bertz CT molecular complexity index is 440. The zero-order valence-corrected chi connectivity index (χ0v) is 14.3. The van der Waals surface area contributed by atoms with Crippen molar-refractivity contribution in [2.24, 2.45) is 17.8 Å². The molecule has 1 saturated heterocycles. The Morgan fingerprint density at radius 2 is 2.19 bits per heavy atom. The lowest BCUT2D eigenvalue weighted by Gasteiger charge is -2.35. The number of aromatic nitrogens is 2. The lowest BCUT2D eigenvalue weighted by Crippen LogP contribution is -2.43. The number of hydrogen-bond donors (Lipinski definition) is 1. The van der Waals surface area contributed by atoms with Crippen LogP contribution in [0, 0.1) is 17.8 Å². The Morgan fingerprint density at radius 1 is 1.33 bits per heavy atom. The predicted molar refractivity (Wildman–Crippen MR) is 87.3 cm³/mol. The Morgan fingerprint density at radius 3 is 2.90 bits per heavy atom. The van der Waals surface area contributed by atoms with Crippen LogP contribution in [-0.4, -0.2) is 39.7 Å². The number of nitrogens with zero attached hydrogens (tertiary/aromatic N) is 3. The number of fused-ring (bicyclic) bond motifs is 1. The van der Waals surface area contributed by atoms with E-state index in [4.69, 9.17) is 0 Å². The summed E-state index contributed by atoms with van der Waals surface area (Å²) in [5.74, 6) is 2.62. The first kappa shape index (κ1) is 15.4. The van der Waals surface area contributed by atoms with Crippen LogP contribution in [0.25, 0.3) is 0 Å². The van der Waals surface area contributed by atoms with Gasteiger partial charge in [-0.25, -0.2) is 0 Å². The number of rotatable bonds is 4. The minimum atomic E-state index is 0.234. The number of nitrogens with one attached hydrogen (secondary N) is 1. The van der Waals surface area contributed by atoms with Gasteiger partial charge in [0.2, 0.25) is 0 Å². The largest absolute Gasteiger partial charge is 0.312 e. The lowest BCUT2D eigenvalue weighted by atomic mass is 9.73. The van der Waals surface area contributed by atoms with Crippen molar-refractivity contribution in [3.8, 4) is 0 Å². The first-order chi connectivity index (χ1) is 10.0. The molecule has 5 heteroatoms. The molecule has 4 nitrogen and oxygen atoms in total. The third-order valence-electron chi connectivity index (χ3n) is 5.01. The Hall–Kier alpha value is -0.520.